The number of hydrogen-bond acceptors (Lipinski definition) is 3. The van der Waals surface area contributed by atoms with Crippen LogP contribution in [0.5, 0.6) is 0 Å². The number of amides is 1. The van der Waals surface area contributed by atoms with Crippen LogP contribution in [0.2, 0.25) is 0 Å². The quantitative estimate of drug-likeness (QED) is 0.497. The zero-order valence-corrected chi connectivity index (χ0v) is 10.1. The molecule has 0 atom stereocenters. The Bertz CT molecular complexity index is 485. The molecule has 0 spiro atoms. The molecule has 4 nitrogen and oxygen atoms in total. The van der Waals surface area contributed by atoms with Gasteiger partial charge in [0.2, 0.25) is 0 Å². The molecule has 1 aromatic rings. The Morgan fingerprint density at radius 3 is 2.75 bits per heavy atom. The molecular weight excluding hydrogens is 272 g/mol. The van der Waals surface area contributed by atoms with Gasteiger partial charge in [-0.1, -0.05) is 22.0 Å². The van der Waals surface area contributed by atoms with Crippen molar-refractivity contribution in [1.29, 1.82) is 5.26 Å². The summed E-state index contributed by atoms with van der Waals surface area (Å²) in [5.74, 6) is -0.921. The second-order valence-corrected chi connectivity index (χ2v) is 3.95. The van der Waals surface area contributed by atoms with Gasteiger partial charge in [0.1, 0.15) is 11.8 Å². The second kappa shape index (κ2) is 5.33. The van der Waals surface area contributed by atoms with Crippen molar-refractivity contribution < 1.29 is 9.90 Å². The van der Waals surface area contributed by atoms with Crippen LogP contribution in [0.25, 0.3) is 0 Å². The van der Waals surface area contributed by atoms with E-state index in [1.165, 1.54) is 6.92 Å². The van der Waals surface area contributed by atoms with Crippen molar-refractivity contribution >= 4 is 27.5 Å². The van der Waals surface area contributed by atoms with Gasteiger partial charge in [-0.2, -0.15) is 5.26 Å². The lowest BCUT2D eigenvalue weighted by Gasteiger charge is -2.04. The SMILES string of the molecule is CC(O)=C(C#N)C(=O)Nc1cccc(Br)c1. The van der Waals surface area contributed by atoms with Crippen LogP contribution in [0, 0.1) is 11.3 Å². The predicted octanol–water partition coefficient (Wildman–Crippen LogP) is 2.74. The molecule has 0 saturated heterocycles. The van der Waals surface area contributed by atoms with Crippen LogP contribution < -0.4 is 5.32 Å². The van der Waals surface area contributed by atoms with Crippen molar-refractivity contribution in [3.8, 4) is 6.07 Å². The predicted molar refractivity (Wildman–Crippen MR) is 63.7 cm³/mol. The van der Waals surface area contributed by atoms with Crippen LogP contribution in [-0.4, -0.2) is 11.0 Å². The standard InChI is InChI=1S/C11H9BrN2O2/c1-7(15)10(6-13)11(16)14-9-4-2-3-8(12)5-9/h2-5,15H,1H3,(H,14,16). The molecule has 82 valence electrons. The maximum absolute atomic E-state index is 11.5. The van der Waals surface area contributed by atoms with E-state index in [-0.39, 0.29) is 11.3 Å². The van der Waals surface area contributed by atoms with Crippen LogP contribution in [0.1, 0.15) is 6.92 Å². The van der Waals surface area contributed by atoms with Gasteiger partial charge >= 0.3 is 0 Å². The van der Waals surface area contributed by atoms with Gasteiger partial charge in [-0.05, 0) is 25.1 Å². The van der Waals surface area contributed by atoms with Gasteiger partial charge < -0.3 is 10.4 Å². The van der Waals surface area contributed by atoms with Crippen molar-refractivity contribution in [2.75, 3.05) is 5.32 Å². The highest BCUT2D eigenvalue weighted by Gasteiger charge is 2.12. The van der Waals surface area contributed by atoms with Crippen molar-refractivity contribution in [1.82, 2.24) is 0 Å². The van der Waals surface area contributed by atoms with E-state index in [1.54, 1.807) is 24.3 Å². The summed E-state index contributed by atoms with van der Waals surface area (Å²) in [6.45, 7) is 1.29. The summed E-state index contributed by atoms with van der Waals surface area (Å²) in [4.78, 5) is 11.5. The van der Waals surface area contributed by atoms with Crippen molar-refractivity contribution in [2.45, 2.75) is 6.92 Å². The van der Waals surface area contributed by atoms with E-state index >= 15 is 0 Å². The average molecular weight is 281 g/mol. The fraction of sp³-hybridized carbons (Fsp3) is 0.0909. The molecule has 1 rings (SSSR count). The molecule has 16 heavy (non-hydrogen) atoms. The van der Waals surface area contributed by atoms with E-state index < -0.39 is 5.91 Å². The van der Waals surface area contributed by atoms with Crippen molar-refractivity contribution in [3.63, 3.8) is 0 Å². The number of nitriles is 1. The number of nitrogens with one attached hydrogen (secondary N) is 1. The number of nitrogens with zero attached hydrogens (tertiary/aromatic N) is 1. The smallest absolute Gasteiger partial charge is 0.269 e. The van der Waals surface area contributed by atoms with Crippen LogP contribution in [0.15, 0.2) is 40.1 Å². The van der Waals surface area contributed by atoms with E-state index in [4.69, 9.17) is 10.4 Å². The van der Waals surface area contributed by atoms with E-state index in [9.17, 15) is 4.79 Å². The monoisotopic (exact) mass is 280 g/mol. The number of hydrogen-bond donors (Lipinski definition) is 2. The molecule has 0 bridgehead atoms. The van der Waals surface area contributed by atoms with E-state index in [0.29, 0.717) is 5.69 Å². The molecule has 0 radical (unpaired) electrons. The number of halogens is 1. The Hall–Kier alpha value is -1.80. The second-order valence-electron chi connectivity index (χ2n) is 3.04. The first-order chi connectivity index (χ1) is 7.54. The Morgan fingerprint density at radius 2 is 2.25 bits per heavy atom. The molecule has 0 fully saturated rings. The largest absolute Gasteiger partial charge is 0.511 e. The van der Waals surface area contributed by atoms with Crippen molar-refractivity contribution in [3.05, 3.63) is 40.1 Å². The summed E-state index contributed by atoms with van der Waals surface area (Å²) in [5, 5.41) is 20.3. The number of anilines is 1. The van der Waals surface area contributed by atoms with Gasteiger partial charge in [-0.25, -0.2) is 0 Å². The van der Waals surface area contributed by atoms with Gasteiger partial charge in [0.05, 0.1) is 0 Å². The minimum absolute atomic E-state index is 0.292. The molecule has 0 aliphatic heterocycles. The molecule has 5 heteroatoms. The maximum Gasteiger partial charge on any atom is 0.269 e. The molecule has 0 aromatic heterocycles. The number of allylic oxidation sites excluding steroid dienone is 1. The summed E-state index contributed by atoms with van der Waals surface area (Å²) in [5.41, 5.74) is 0.258. The summed E-state index contributed by atoms with van der Waals surface area (Å²) >= 11 is 3.26. The highest BCUT2D eigenvalue weighted by atomic mass is 79.9. The highest BCUT2D eigenvalue weighted by Crippen LogP contribution is 2.16. The number of benzene rings is 1. The first kappa shape index (κ1) is 12.3. The van der Waals surface area contributed by atoms with Crippen LogP contribution in [-0.2, 0) is 4.79 Å². The fourth-order valence-electron chi connectivity index (χ4n) is 1.06. The highest BCUT2D eigenvalue weighted by molar-refractivity contribution is 9.10. The Balaban J connectivity index is 2.88. The number of rotatable bonds is 2. The van der Waals surface area contributed by atoms with Crippen LogP contribution >= 0.6 is 15.9 Å². The number of aliphatic hydroxyl groups is 1. The summed E-state index contributed by atoms with van der Waals surface area (Å²) in [6, 6.07) is 8.59. The molecule has 0 aliphatic rings. The molecule has 1 aromatic carbocycles. The summed E-state index contributed by atoms with van der Waals surface area (Å²) in [7, 11) is 0. The van der Waals surface area contributed by atoms with E-state index in [1.807, 2.05) is 6.07 Å². The zero-order valence-electron chi connectivity index (χ0n) is 8.49. The third-order valence-corrected chi connectivity index (χ3v) is 2.28. The number of aliphatic hydroxyl groups excluding tert-OH is 1. The number of carbonyl (C=O) groups excluding carboxylic acids is 1. The molecule has 0 unspecified atom stereocenters. The fourth-order valence-corrected chi connectivity index (χ4v) is 1.46. The zero-order chi connectivity index (χ0) is 12.1. The lowest BCUT2D eigenvalue weighted by atomic mass is 10.2. The normalized spacial score (nSPS) is 11.3. The number of carbonyl (C=O) groups is 1. The Labute approximate surface area is 101 Å². The van der Waals surface area contributed by atoms with E-state index in [2.05, 4.69) is 21.2 Å². The topological polar surface area (TPSA) is 73.1 Å². The first-order valence-electron chi connectivity index (χ1n) is 4.41. The summed E-state index contributed by atoms with van der Waals surface area (Å²) < 4.78 is 0.813. The minimum atomic E-state index is -0.624. The van der Waals surface area contributed by atoms with Crippen LogP contribution in [0.4, 0.5) is 5.69 Å². The maximum atomic E-state index is 11.5. The van der Waals surface area contributed by atoms with Crippen molar-refractivity contribution in [2.24, 2.45) is 0 Å². The average Bonchev–Trinajstić information content (AvgIpc) is 2.17. The molecule has 0 aliphatic carbocycles. The van der Waals surface area contributed by atoms with Crippen LogP contribution in [0.3, 0.4) is 0 Å². The molecule has 0 heterocycles. The molecule has 1 amide bonds. The lowest BCUT2D eigenvalue weighted by Crippen LogP contribution is -2.14. The molecule has 2 N–H and O–H groups in total. The molecule has 0 saturated carbocycles. The third-order valence-electron chi connectivity index (χ3n) is 1.78. The Kier molecular flexibility index (Phi) is 4.09. The Morgan fingerprint density at radius 1 is 1.56 bits per heavy atom. The van der Waals surface area contributed by atoms with Gasteiger partial charge in [0, 0.05) is 10.2 Å². The first-order valence-corrected chi connectivity index (χ1v) is 5.20. The van der Waals surface area contributed by atoms with E-state index in [0.717, 1.165) is 4.47 Å². The summed E-state index contributed by atoms with van der Waals surface area (Å²) in [6.07, 6.45) is 0. The van der Waals surface area contributed by atoms with Gasteiger partial charge in [-0.15, -0.1) is 0 Å². The van der Waals surface area contributed by atoms with Gasteiger partial charge in [-0.3, -0.25) is 4.79 Å². The third kappa shape index (κ3) is 3.11. The van der Waals surface area contributed by atoms with Gasteiger partial charge in [0.25, 0.3) is 5.91 Å². The molecular formula is C11H9BrN2O2. The lowest BCUT2D eigenvalue weighted by molar-refractivity contribution is -0.112. The van der Waals surface area contributed by atoms with Gasteiger partial charge in [0.15, 0.2) is 5.57 Å². The minimum Gasteiger partial charge on any atom is -0.511 e.